The van der Waals surface area contributed by atoms with Gasteiger partial charge in [-0.3, -0.25) is 0 Å². The molecule has 11 rings (SSSR count). The lowest BCUT2D eigenvalue weighted by Crippen LogP contribution is -2.17. The molecule has 53 heavy (non-hydrogen) atoms. The van der Waals surface area contributed by atoms with Gasteiger partial charge >= 0.3 is 0 Å². The number of benzene rings is 8. The highest BCUT2D eigenvalue weighted by Crippen LogP contribution is 2.54. The van der Waals surface area contributed by atoms with Crippen LogP contribution in [0.1, 0.15) is 25.0 Å². The van der Waals surface area contributed by atoms with E-state index in [1.807, 2.05) is 17.4 Å². The molecule has 0 saturated carbocycles. The number of ether oxygens (including phenoxy) is 1. The topological polar surface area (TPSA) is 15.7 Å². The number of hydrogen-bond donors (Lipinski definition) is 0. The van der Waals surface area contributed by atoms with Crippen LogP contribution in [0.5, 0.6) is 11.5 Å². The molecule has 0 saturated heterocycles. The van der Waals surface area contributed by atoms with E-state index in [0.29, 0.717) is 0 Å². The molecule has 0 fully saturated rings. The Morgan fingerprint density at radius 3 is 2.15 bits per heavy atom. The lowest BCUT2D eigenvalue weighted by Gasteiger charge is -2.34. The molecule has 1 aliphatic carbocycles. The summed E-state index contributed by atoms with van der Waals surface area (Å²) in [6, 6.07) is 61.6. The number of anilines is 6. The molecule has 0 atom stereocenters. The Morgan fingerprint density at radius 2 is 1.21 bits per heavy atom. The van der Waals surface area contributed by atoms with Crippen molar-refractivity contribution in [2.75, 3.05) is 9.80 Å². The molecule has 8 aromatic carbocycles. The van der Waals surface area contributed by atoms with Crippen molar-refractivity contribution in [1.29, 1.82) is 0 Å². The van der Waals surface area contributed by atoms with E-state index in [1.165, 1.54) is 53.2 Å². The average Bonchev–Trinajstić information content (AvgIpc) is 3.68. The van der Waals surface area contributed by atoms with Gasteiger partial charge in [0.2, 0.25) is 0 Å². The fourth-order valence-electron chi connectivity index (χ4n) is 8.69. The fraction of sp³-hybridized carbons (Fsp3) is 0.0612. The predicted octanol–water partition coefficient (Wildman–Crippen LogP) is 14.6. The molecule has 0 radical (unpaired) electrons. The zero-order valence-corrected chi connectivity index (χ0v) is 30.2. The van der Waals surface area contributed by atoms with Gasteiger partial charge in [-0.2, -0.15) is 0 Å². The highest BCUT2D eigenvalue weighted by Gasteiger charge is 2.36. The third kappa shape index (κ3) is 4.52. The Kier molecular flexibility index (Phi) is 6.47. The average molecular weight is 699 g/mol. The third-order valence-corrected chi connectivity index (χ3v) is 12.4. The van der Waals surface area contributed by atoms with Crippen molar-refractivity contribution < 1.29 is 4.74 Å². The Bertz CT molecular complexity index is 2930. The van der Waals surface area contributed by atoms with E-state index in [1.54, 1.807) is 0 Å². The molecule has 1 aliphatic heterocycles. The summed E-state index contributed by atoms with van der Waals surface area (Å²) in [7, 11) is 0. The van der Waals surface area contributed by atoms with E-state index in [4.69, 9.17) is 4.74 Å². The first-order valence-corrected chi connectivity index (χ1v) is 19.0. The van der Waals surface area contributed by atoms with E-state index in [-0.39, 0.29) is 5.41 Å². The van der Waals surface area contributed by atoms with Crippen LogP contribution >= 0.6 is 11.3 Å². The Labute approximate surface area is 312 Å². The van der Waals surface area contributed by atoms with Gasteiger partial charge < -0.3 is 14.5 Å². The SMILES string of the molecule is CC1(C)c2ccccc2-c2cc(N(c3ccc4c(c3)Oc3ccccc3N4c3ccc4c(c3)sc3ccccc34)c3cccc4ccccc34)ccc21. The minimum Gasteiger partial charge on any atom is -0.453 e. The van der Waals surface area contributed by atoms with Gasteiger partial charge in [0, 0.05) is 48.4 Å². The summed E-state index contributed by atoms with van der Waals surface area (Å²) in [5, 5.41) is 4.99. The maximum atomic E-state index is 6.80. The van der Waals surface area contributed by atoms with Crippen LogP contribution in [0.3, 0.4) is 0 Å². The molecular formula is C49H34N2OS. The van der Waals surface area contributed by atoms with Gasteiger partial charge in [0.25, 0.3) is 0 Å². The Balaban J connectivity index is 1.10. The maximum absolute atomic E-state index is 6.80. The molecule has 4 heteroatoms. The maximum Gasteiger partial charge on any atom is 0.153 e. The van der Waals surface area contributed by atoms with Crippen molar-refractivity contribution in [3.8, 4) is 22.6 Å². The number of fused-ring (bicyclic) bond motifs is 9. The highest BCUT2D eigenvalue weighted by atomic mass is 32.1. The zero-order chi connectivity index (χ0) is 35.3. The first-order valence-electron chi connectivity index (χ1n) is 18.2. The number of hydrogen-bond acceptors (Lipinski definition) is 4. The van der Waals surface area contributed by atoms with Crippen molar-refractivity contribution in [2.45, 2.75) is 19.3 Å². The summed E-state index contributed by atoms with van der Waals surface area (Å²) in [6.45, 7) is 4.67. The van der Waals surface area contributed by atoms with Gasteiger partial charge in [-0.05, 0) is 88.3 Å². The molecule has 0 bridgehead atoms. The minimum atomic E-state index is -0.0654. The van der Waals surface area contributed by atoms with Crippen LogP contribution in [0.2, 0.25) is 0 Å². The standard InChI is InChI=1S/C49H34N2OS/c1-49(2)40-17-7-5-15-36(40)39-28-32(23-26-41(39)49)50(42-19-11-13-31-12-3-4-14-35(31)42)33-24-27-44-46(29-33)52-45-20-9-8-18-43(45)51(44)34-22-25-38-37-16-6-10-21-47(37)53-48(38)30-34/h3-30H,1-2H3. The second-order valence-corrected chi connectivity index (χ2v) is 15.7. The van der Waals surface area contributed by atoms with Crippen LogP contribution in [0.4, 0.5) is 34.1 Å². The smallest absolute Gasteiger partial charge is 0.153 e. The minimum absolute atomic E-state index is 0.0654. The van der Waals surface area contributed by atoms with Crippen LogP contribution in [0, 0.1) is 0 Å². The molecule has 0 spiro atoms. The molecule has 0 unspecified atom stereocenters. The summed E-state index contributed by atoms with van der Waals surface area (Å²) in [5.74, 6) is 1.65. The number of nitrogens with zero attached hydrogens (tertiary/aromatic N) is 2. The lowest BCUT2D eigenvalue weighted by atomic mass is 9.82. The van der Waals surface area contributed by atoms with Gasteiger partial charge in [-0.1, -0.05) is 117 Å². The van der Waals surface area contributed by atoms with Crippen LogP contribution in [-0.2, 0) is 5.41 Å². The van der Waals surface area contributed by atoms with Crippen molar-refractivity contribution in [3.05, 3.63) is 181 Å². The molecule has 2 aliphatic rings. The van der Waals surface area contributed by atoms with Gasteiger partial charge in [0.05, 0.1) is 22.7 Å². The molecule has 3 nitrogen and oxygen atoms in total. The Hall–Kier alpha value is -6.36. The van der Waals surface area contributed by atoms with Gasteiger partial charge in [0.1, 0.15) is 0 Å². The summed E-state index contributed by atoms with van der Waals surface area (Å²) >= 11 is 1.84. The largest absolute Gasteiger partial charge is 0.453 e. The van der Waals surface area contributed by atoms with Gasteiger partial charge in [-0.15, -0.1) is 11.3 Å². The molecule has 252 valence electrons. The first-order chi connectivity index (χ1) is 26.0. The third-order valence-electron chi connectivity index (χ3n) is 11.2. The monoisotopic (exact) mass is 698 g/mol. The molecular weight excluding hydrogens is 665 g/mol. The van der Waals surface area contributed by atoms with E-state index in [0.717, 1.165) is 45.6 Å². The van der Waals surface area contributed by atoms with E-state index in [2.05, 4.69) is 187 Å². The molecule has 1 aromatic heterocycles. The zero-order valence-electron chi connectivity index (χ0n) is 29.4. The van der Waals surface area contributed by atoms with E-state index < -0.39 is 0 Å². The van der Waals surface area contributed by atoms with Crippen molar-refractivity contribution in [2.24, 2.45) is 0 Å². The first kappa shape index (κ1) is 30.3. The predicted molar refractivity (Wildman–Crippen MR) is 224 cm³/mol. The van der Waals surface area contributed by atoms with Crippen molar-refractivity contribution >= 4 is 76.4 Å². The summed E-state index contributed by atoms with van der Waals surface area (Å²) < 4.78 is 9.37. The van der Waals surface area contributed by atoms with Crippen LogP contribution in [-0.4, -0.2) is 0 Å². The summed E-state index contributed by atoms with van der Waals surface area (Å²) in [6.07, 6.45) is 0. The molecule has 9 aromatic rings. The van der Waals surface area contributed by atoms with Crippen LogP contribution in [0.25, 0.3) is 42.1 Å². The molecule has 2 heterocycles. The van der Waals surface area contributed by atoms with E-state index in [9.17, 15) is 0 Å². The van der Waals surface area contributed by atoms with Crippen molar-refractivity contribution in [3.63, 3.8) is 0 Å². The van der Waals surface area contributed by atoms with Crippen LogP contribution < -0.4 is 14.5 Å². The van der Waals surface area contributed by atoms with E-state index >= 15 is 0 Å². The highest BCUT2D eigenvalue weighted by molar-refractivity contribution is 7.25. The quantitative estimate of drug-likeness (QED) is 0.182. The summed E-state index contributed by atoms with van der Waals surface area (Å²) in [5.41, 5.74) is 11.7. The second kappa shape index (κ2) is 11.3. The number of thiophene rings is 1. The van der Waals surface area contributed by atoms with Gasteiger partial charge in [0.15, 0.2) is 11.5 Å². The number of para-hydroxylation sites is 2. The molecule has 0 N–H and O–H groups in total. The number of rotatable bonds is 4. The molecule has 0 amide bonds. The lowest BCUT2D eigenvalue weighted by molar-refractivity contribution is 0.477. The van der Waals surface area contributed by atoms with Crippen molar-refractivity contribution in [1.82, 2.24) is 0 Å². The Morgan fingerprint density at radius 1 is 0.509 bits per heavy atom. The van der Waals surface area contributed by atoms with Gasteiger partial charge in [-0.25, -0.2) is 0 Å². The van der Waals surface area contributed by atoms with Crippen LogP contribution in [0.15, 0.2) is 170 Å². The summed E-state index contributed by atoms with van der Waals surface area (Å²) in [4.78, 5) is 4.74. The normalized spacial score (nSPS) is 13.7. The second-order valence-electron chi connectivity index (χ2n) is 14.6. The fourth-order valence-corrected chi connectivity index (χ4v) is 9.83.